The first kappa shape index (κ1) is 15.1. The third kappa shape index (κ3) is 4.35. The summed E-state index contributed by atoms with van der Waals surface area (Å²) in [6.07, 6.45) is 3.42. The van der Waals surface area contributed by atoms with Crippen LogP contribution in [0.1, 0.15) is 37.8 Å². The third-order valence-electron chi connectivity index (χ3n) is 3.72. The van der Waals surface area contributed by atoms with Crippen molar-refractivity contribution in [3.8, 4) is 0 Å². The average Bonchev–Trinajstić information content (AvgIpc) is 2.91. The van der Waals surface area contributed by atoms with Gasteiger partial charge in [0, 0.05) is 19.3 Å². The highest BCUT2D eigenvalue weighted by Gasteiger charge is 2.16. The number of halogens is 2. The molecule has 0 saturated carbocycles. The molecule has 106 valence electrons. The molecule has 0 amide bonds. The van der Waals surface area contributed by atoms with E-state index in [2.05, 4.69) is 12.2 Å². The minimum absolute atomic E-state index is 0.345. The predicted octanol–water partition coefficient (Wildman–Crippen LogP) is 4.46. The standard InChI is InChI=1S/C15H21Cl2NO/c1-2-15(12-3-4-13(16)14(17)9-12)18-7-5-11-6-8-19-10-11/h3-4,9,11,15,18H,2,5-8,10H2,1H3. The molecule has 2 rings (SSSR count). The van der Waals surface area contributed by atoms with Crippen LogP contribution in [0.25, 0.3) is 0 Å². The van der Waals surface area contributed by atoms with Gasteiger partial charge >= 0.3 is 0 Å². The van der Waals surface area contributed by atoms with Crippen LogP contribution >= 0.6 is 23.2 Å². The molecule has 0 aromatic heterocycles. The summed E-state index contributed by atoms with van der Waals surface area (Å²) in [5.41, 5.74) is 1.21. The van der Waals surface area contributed by atoms with Crippen LogP contribution in [0.15, 0.2) is 18.2 Å². The fourth-order valence-corrected chi connectivity index (χ4v) is 2.81. The zero-order valence-corrected chi connectivity index (χ0v) is 12.8. The van der Waals surface area contributed by atoms with E-state index in [-0.39, 0.29) is 0 Å². The fourth-order valence-electron chi connectivity index (χ4n) is 2.50. The lowest BCUT2D eigenvalue weighted by Crippen LogP contribution is -2.23. The third-order valence-corrected chi connectivity index (χ3v) is 4.46. The van der Waals surface area contributed by atoms with Crippen LogP contribution in [0, 0.1) is 5.92 Å². The Bertz CT molecular complexity index is 405. The Hall–Kier alpha value is -0.280. The Morgan fingerprint density at radius 1 is 1.37 bits per heavy atom. The molecule has 2 unspecified atom stereocenters. The minimum Gasteiger partial charge on any atom is -0.381 e. The highest BCUT2D eigenvalue weighted by Crippen LogP contribution is 2.27. The predicted molar refractivity (Wildman–Crippen MR) is 81.0 cm³/mol. The number of hydrogen-bond acceptors (Lipinski definition) is 2. The van der Waals surface area contributed by atoms with Crippen molar-refractivity contribution in [2.45, 2.75) is 32.2 Å². The van der Waals surface area contributed by atoms with Crippen LogP contribution in [0.2, 0.25) is 10.0 Å². The molecule has 4 heteroatoms. The number of nitrogens with one attached hydrogen (secondary N) is 1. The number of rotatable bonds is 6. The Balaban J connectivity index is 1.86. The summed E-state index contributed by atoms with van der Waals surface area (Å²) in [5.74, 6) is 0.721. The SMILES string of the molecule is CCC(NCCC1CCOC1)c1ccc(Cl)c(Cl)c1. The first-order valence-electron chi connectivity index (χ1n) is 6.96. The second-order valence-electron chi connectivity index (χ2n) is 5.11. The topological polar surface area (TPSA) is 21.3 Å². The molecule has 0 aliphatic carbocycles. The van der Waals surface area contributed by atoms with Gasteiger partial charge in [-0.25, -0.2) is 0 Å². The van der Waals surface area contributed by atoms with E-state index in [1.54, 1.807) is 0 Å². The Morgan fingerprint density at radius 2 is 2.21 bits per heavy atom. The molecule has 1 saturated heterocycles. The van der Waals surface area contributed by atoms with Crippen LogP contribution in [0.4, 0.5) is 0 Å². The van der Waals surface area contributed by atoms with Gasteiger partial charge in [0.25, 0.3) is 0 Å². The summed E-state index contributed by atoms with van der Waals surface area (Å²) in [6, 6.07) is 6.23. The molecule has 1 N–H and O–H groups in total. The van der Waals surface area contributed by atoms with E-state index < -0.39 is 0 Å². The Morgan fingerprint density at radius 3 is 2.84 bits per heavy atom. The monoisotopic (exact) mass is 301 g/mol. The lowest BCUT2D eigenvalue weighted by Gasteiger charge is -2.19. The van der Waals surface area contributed by atoms with Crippen LogP contribution in [-0.4, -0.2) is 19.8 Å². The number of ether oxygens (including phenoxy) is 1. The van der Waals surface area contributed by atoms with Crippen molar-refractivity contribution in [1.29, 1.82) is 0 Å². The second-order valence-corrected chi connectivity index (χ2v) is 5.92. The van der Waals surface area contributed by atoms with Crippen molar-refractivity contribution in [1.82, 2.24) is 5.32 Å². The van der Waals surface area contributed by atoms with Crippen molar-refractivity contribution in [3.63, 3.8) is 0 Å². The van der Waals surface area contributed by atoms with Crippen molar-refractivity contribution in [3.05, 3.63) is 33.8 Å². The maximum absolute atomic E-state index is 6.08. The van der Waals surface area contributed by atoms with Gasteiger partial charge in [-0.3, -0.25) is 0 Å². The minimum atomic E-state index is 0.345. The van der Waals surface area contributed by atoms with E-state index in [0.717, 1.165) is 32.1 Å². The van der Waals surface area contributed by atoms with Gasteiger partial charge in [0.05, 0.1) is 10.0 Å². The maximum Gasteiger partial charge on any atom is 0.0595 e. The first-order valence-corrected chi connectivity index (χ1v) is 7.72. The van der Waals surface area contributed by atoms with E-state index in [0.29, 0.717) is 16.1 Å². The first-order chi connectivity index (χ1) is 9.20. The van der Waals surface area contributed by atoms with Gasteiger partial charge < -0.3 is 10.1 Å². The smallest absolute Gasteiger partial charge is 0.0595 e. The summed E-state index contributed by atoms with van der Waals surface area (Å²) in [5, 5.41) is 4.84. The van der Waals surface area contributed by atoms with Crippen molar-refractivity contribution < 1.29 is 4.74 Å². The molecule has 1 heterocycles. The molecule has 2 nitrogen and oxygen atoms in total. The summed E-state index contributed by atoms with van der Waals surface area (Å²) in [6.45, 7) is 5.05. The van der Waals surface area contributed by atoms with Crippen LogP contribution in [-0.2, 0) is 4.74 Å². The maximum atomic E-state index is 6.08. The lowest BCUT2D eigenvalue weighted by atomic mass is 10.0. The van der Waals surface area contributed by atoms with Gasteiger partial charge in [-0.15, -0.1) is 0 Å². The Kier molecular flexibility index (Phi) is 5.96. The molecule has 1 aromatic carbocycles. The summed E-state index contributed by atoms with van der Waals surface area (Å²) in [4.78, 5) is 0. The molecule has 19 heavy (non-hydrogen) atoms. The van der Waals surface area contributed by atoms with Crippen LogP contribution < -0.4 is 5.32 Å². The molecule has 1 fully saturated rings. The average molecular weight is 302 g/mol. The highest BCUT2D eigenvalue weighted by atomic mass is 35.5. The van der Waals surface area contributed by atoms with Gasteiger partial charge in [-0.2, -0.15) is 0 Å². The Labute approximate surface area is 125 Å². The van der Waals surface area contributed by atoms with Crippen molar-refractivity contribution in [2.75, 3.05) is 19.8 Å². The number of benzene rings is 1. The van der Waals surface area contributed by atoms with E-state index in [9.17, 15) is 0 Å². The normalized spacial score (nSPS) is 20.7. The molecule has 0 spiro atoms. The van der Waals surface area contributed by atoms with Gasteiger partial charge in [0.1, 0.15) is 0 Å². The van der Waals surface area contributed by atoms with E-state index in [1.807, 2.05) is 18.2 Å². The summed E-state index contributed by atoms with van der Waals surface area (Å²) >= 11 is 12.0. The van der Waals surface area contributed by atoms with Crippen molar-refractivity contribution >= 4 is 23.2 Å². The quantitative estimate of drug-likeness (QED) is 0.837. The van der Waals surface area contributed by atoms with E-state index in [1.165, 1.54) is 18.4 Å². The van der Waals surface area contributed by atoms with Gasteiger partial charge in [-0.05, 0) is 49.4 Å². The molecular formula is C15H21Cl2NO. The van der Waals surface area contributed by atoms with E-state index in [4.69, 9.17) is 27.9 Å². The van der Waals surface area contributed by atoms with Gasteiger partial charge in [-0.1, -0.05) is 36.2 Å². The summed E-state index contributed by atoms with van der Waals surface area (Å²) < 4.78 is 5.39. The molecule has 1 aromatic rings. The molecular weight excluding hydrogens is 281 g/mol. The fraction of sp³-hybridized carbons (Fsp3) is 0.600. The second kappa shape index (κ2) is 7.49. The zero-order valence-electron chi connectivity index (χ0n) is 11.3. The highest BCUT2D eigenvalue weighted by molar-refractivity contribution is 6.42. The van der Waals surface area contributed by atoms with Gasteiger partial charge in [0.2, 0.25) is 0 Å². The van der Waals surface area contributed by atoms with E-state index >= 15 is 0 Å². The molecule has 0 radical (unpaired) electrons. The molecule has 1 aliphatic rings. The lowest BCUT2D eigenvalue weighted by molar-refractivity contribution is 0.184. The molecule has 0 bridgehead atoms. The zero-order chi connectivity index (χ0) is 13.7. The van der Waals surface area contributed by atoms with Crippen LogP contribution in [0.3, 0.4) is 0 Å². The van der Waals surface area contributed by atoms with Crippen molar-refractivity contribution in [2.24, 2.45) is 5.92 Å². The summed E-state index contributed by atoms with van der Waals surface area (Å²) in [7, 11) is 0. The number of hydrogen-bond donors (Lipinski definition) is 1. The largest absolute Gasteiger partial charge is 0.381 e. The molecule has 1 aliphatic heterocycles. The van der Waals surface area contributed by atoms with Gasteiger partial charge in [0.15, 0.2) is 0 Å². The molecule has 2 atom stereocenters. The van der Waals surface area contributed by atoms with Crippen LogP contribution in [0.5, 0.6) is 0 Å².